The maximum Gasteiger partial charge on any atom is 0.240 e. The second-order valence-corrected chi connectivity index (χ2v) is 9.90. The van der Waals surface area contributed by atoms with E-state index in [0.717, 1.165) is 37.8 Å². The Labute approximate surface area is 196 Å². The van der Waals surface area contributed by atoms with E-state index in [9.17, 15) is 14.0 Å². The van der Waals surface area contributed by atoms with Crippen LogP contribution < -0.4 is 26.2 Å². The van der Waals surface area contributed by atoms with E-state index in [1.54, 1.807) is 17.2 Å². The zero-order chi connectivity index (χ0) is 23.6. The van der Waals surface area contributed by atoms with Crippen LogP contribution in [0.1, 0.15) is 43.2 Å². The standard InChI is InChI=1S/C24H28FN7O2/c25-15-3-4-17-19(10-15)32(22(34)24(17)6-7-24)12-14-11-28-23(30-9-5-16(26)13-30)29-21(14)31-8-1-2-18(31)20(27)33/h3-4,10-11,16,18H,1-2,5-9,12-13,26H2,(H2,27,33)/t16?,18-/m0/s1. The van der Waals surface area contributed by atoms with Gasteiger partial charge in [0, 0.05) is 37.4 Å². The van der Waals surface area contributed by atoms with E-state index >= 15 is 0 Å². The SMILES string of the molecule is NC(=O)[C@@H]1CCCN1c1nc(N2CCC(N)C2)ncc1CN1C(=O)C2(CC2)c2ccc(F)cc21. The van der Waals surface area contributed by atoms with E-state index in [4.69, 9.17) is 16.5 Å². The van der Waals surface area contributed by atoms with Crippen LogP contribution in [-0.2, 0) is 21.5 Å². The predicted octanol–water partition coefficient (Wildman–Crippen LogP) is 1.19. The summed E-state index contributed by atoms with van der Waals surface area (Å²) in [5.41, 5.74) is 13.5. The molecule has 0 bridgehead atoms. The van der Waals surface area contributed by atoms with Gasteiger partial charge in [0.05, 0.1) is 17.6 Å². The molecule has 6 rings (SSSR count). The van der Waals surface area contributed by atoms with Crippen LogP contribution >= 0.6 is 0 Å². The first-order valence-corrected chi connectivity index (χ1v) is 11.9. The molecule has 2 saturated heterocycles. The Balaban J connectivity index is 1.40. The summed E-state index contributed by atoms with van der Waals surface area (Å²) in [6.07, 6.45) is 5.61. The number of nitrogens with zero attached hydrogens (tertiary/aromatic N) is 5. The number of anilines is 3. The number of primary amides is 1. The van der Waals surface area contributed by atoms with Gasteiger partial charge in [0.25, 0.3) is 0 Å². The maximum absolute atomic E-state index is 14.2. The quantitative estimate of drug-likeness (QED) is 0.680. The van der Waals surface area contributed by atoms with Gasteiger partial charge in [-0.1, -0.05) is 6.07 Å². The van der Waals surface area contributed by atoms with Crippen molar-refractivity contribution in [2.24, 2.45) is 11.5 Å². The summed E-state index contributed by atoms with van der Waals surface area (Å²) in [5.74, 6) is 0.378. The van der Waals surface area contributed by atoms with E-state index < -0.39 is 17.4 Å². The number of aromatic nitrogens is 2. The molecule has 2 atom stereocenters. The van der Waals surface area contributed by atoms with Crippen molar-refractivity contribution in [2.45, 2.75) is 56.1 Å². The summed E-state index contributed by atoms with van der Waals surface area (Å²) in [7, 11) is 0. The summed E-state index contributed by atoms with van der Waals surface area (Å²) in [6, 6.07) is 4.19. The molecule has 1 aliphatic carbocycles. The molecule has 178 valence electrons. The molecule has 9 nitrogen and oxygen atoms in total. The largest absolute Gasteiger partial charge is 0.368 e. The summed E-state index contributed by atoms with van der Waals surface area (Å²) >= 11 is 0. The Morgan fingerprint density at radius 3 is 2.76 bits per heavy atom. The van der Waals surface area contributed by atoms with E-state index in [1.165, 1.54) is 12.1 Å². The average molecular weight is 466 g/mol. The molecule has 1 spiro atoms. The second kappa shape index (κ2) is 7.63. The van der Waals surface area contributed by atoms with Crippen LogP contribution in [0.25, 0.3) is 0 Å². The summed E-state index contributed by atoms with van der Waals surface area (Å²) in [5, 5.41) is 0. The third-order valence-corrected chi connectivity index (χ3v) is 7.69. The van der Waals surface area contributed by atoms with Gasteiger partial charge in [-0.25, -0.2) is 9.37 Å². The number of amides is 2. The molecule has 3 fully saturated rings. The zero-order valence-electron chi connectivity index (χ0n) is 18.9. The van der Waals surface area contributed by atoms with Crippen LogP contribution in [0.5, 0.6) is 0 Å². The van der Waals surface area contributed by atoms with Gasteiger partial charge in [-0.05, 0) is 49.8 Å². The number of rotatable bonds is 5. The van der Waals surface area contributed by atoms with Crippen molar-refractivity contribution in [3.63, 3.8) is 0 Å². The average Bonchev–Trinajstić information content (AvgIpc) is 3.16. The molecule has 10 heteroatoms. The number of carbonyl (C=O) groups excluding carboxylic acids is 2. The first-order valence-electron chi connectivity index (χ1n) is 11.9. The second-order valence-electron chi connectivity index (χ2n) is 9.90. The van der Waals surface area contributed by atoms with E-state index in [-0.39, 0.29) is 24.3 Å². The highest BCUT2D eigenvalue weighted by molar-refractivity contribution is 6.10. The van der Waals surface area contributed by atoms with Gasteiger partial charge < -0.3 is 26.2 Å². The lowest BCUT2D eigenvalue weighted by molar-refractivity contribution is -0.120. The van der Waals surface area contributed by atoms with Gasteiger partial charge >= 0.3 is 0 Å². The molecule has 4 heterocycles. The Kier molecular flexibility index (Phi) is 4.77. The number of carbonyl (C=O) groups is 2. The van der Waals surface area contributed by atoms with Crippen molar-refractivity contribution in [1.82, 2.24) is 9.97 Å². The van der Waals surface area contributed by atoms with Gasteiger partial charge in [-0.3, -0.25) is 9.59 Å². The first-order chi connectivity index (χ1) is 16.4. The number of fused-ring (bicyclic) bond motifs is 2. The molecule has 34 heavy (non-hydrogen) atoms. The van der Waals surface area contributed by atoms with Crippen molar-refractivity contribution in [2.75, 3.05) is 34.3 Å². The monoisotopic (exact) mass is 465 g/mol. The fourth-order valence-corrected chi connectivity index (χ4v) is 5.74. The van der Waals surface area contributed by atoms with E-state index in [2.05, 4.69) is 4.98 Å². The molecular formula is C24H28FN7O2. The summed E-state index contributed by atoms with van der Waals surface area (Å²) in [4.78, 5) is 40.7. The van der Waals surface area contributed by atoms with Crippen LogP contribution in [0, 0.1) is 5.82 Å². The van der Waals surface area contributed by atoms with Crippen molar-refractivity contribution >= 4 is 29.3 Å². The highest BCUT2D eigenvalue weighted by Crippen LogP contribution is 2.57. The highest BCUT2D eigenvalue weighted by Gasteiger charge is 2.59. The molecule has 1 saturated carbocycles. The smallest absolute Gasteiger partial charge is 0.240 e. The minimum Gasteiger partial charge on any atom is -0.368 e. The Morgan fingerprint density at radius 1 is 1.24 bits per heavy atom. The van der Waals surface area contributed by atoms with Gasteiger partial charge in [0.1, 0.15) is 17.7 Å². The molecule has 4 N–H and O–H groups in total. The van der Waals surface area contributed by atoms with Crippen molar-refractivity contribution in [3.8, 4) is 0 Å². The van der Waals surface area contributed by atoms with E-state index in [0.29, 0.717) is 42.5 Å². The maximum atomic E-state index is 14.2. The molecular weight excluding hydrogens is 437 g/mol. The molecule has 1 aromatic heterocycles. The zero-order valence-corrected chi connectivity index (χ0v) is 18.9. The molecule has 1 aromatic carbocycles. The van der Waals surface area contributed by atoms with Crippen LogP contribution in [0.4, 0.5) is 21.8 Å². The van der Waals surface area contributed by atoms with Gasteiger partial charge in [0.2, 0.25) is 17.8 Å². The third kappa shape index (κ3) is 3.23. The van der Waals surface area contributed by atoms with Crippen LogP contribution in [0.15, 0.2) is 24.4 Å². The number of nitrogens with two attached hydrogens (primary N) is 2. The fourth-order valence-electron chi connectivity index (χ4n) is 5.74. The lowest BCUT2D eigenvalue weighted by Crippen LogP contribution is -2.42. The number of hydrogen-bond acceptors (Lipinski definition) is 7. The van der Waals surface area contributed by atoms with Crippen molar-refractivity contribution in [1.29, 1.82) is 0 Å². The van der Waals surface area contributed by atoms with Crippen molar-refractivity contribution < 1.29 is 14.0 Å². The van der Waals surface area contributed by atoms with Crippen LogP contribution in [-0.4, -0.2) is 53.5 Å². The van der Waals surface area contributed by atoms with Crippen LogP contribution in [0.2, 0.25) is 0 Å². The van der Waals surface area contributed by atoms with Gasteiger partial charge in [-0.15, -0.1) is 0 Å². The number of halogens is 1. The minimum atomic E-state index is -0.529. The first kappa shape index (κ1) is 21.3. The lowest BCUT2D eigenvalue weighted by Gasteiger charge is -2.28. The molecule has 3 aliphatic heterocycles. The third-order valence-electron chi connectivity index (χ3n) is 7.69. The lowest BCUT2D eigenvalue weighted by atomic mass is 9.98. The van der Waals surface area contributed by atoms with Gasteiger partial charge in [-0.2, -0.15) is 4.98 Å². The molecule has 1 unspecified atom stereocenters. The topological polar surface area (TPSA) is 122 Å². The Bertz CT molecular complexity index is 1180. The molecule has 2 aromatic rings. The van der Waals surface area contributed by atoms with Crippen molar-refractivity contribution in [3.05, 3.63) is 41.3 Å². The molecule has 4 aliphatic rings. The van der Waals surface area contributed by atoms with Gasteiger partial charge in [0.15, 0.2) is 0 Å². The number of benzene rings is 1. The Hall–Kier alpha value is -3.27. The molecule has 2 amide bonds. The van der Waals surface area contributed by atoms with E-state index in [1.807, 2.05) is 9.80 Å². The number of hydrogen-bond donors (Lipinski definition) is 2. The normalized spacial score (nSPS) is 24.9. The minimum absolute atomic E-state index is 0.0125. The fraction of sp³-hybridized carbons (Fsp3) is 0.500. The summed E-state index contributed by atoms with van der Waals surface area (Å²) in [6.45, 7) is 2.27. The summed E-state index contributed by atoms with van der Waals surface area (Å²) < 4.78 is 14.2. The highest BCUT2D eigenvalue weighted by atomic mass is 19.1. The van der Waals surface area contributed by atoms with Crippen LogP contribution in [0.3, 0.4) is 0 Å². The molecule has 0 radical (unpaired) electrons. The Morgan fingerprint density at radius 2 is 2.06 bits per heavy atom. The predicted molar refractivity (Wildman–Crippen MR) is 125 cm³/mol.